The number of benzene rings is 1. The molecular weight excluding hydrogens is 207 g/mol. The summed E-state index contributed by atoms with van der Waals surface area (Å²) in [5.41, 5.74) is 0.959. The Kier molecular flexibility index (Phi) is 1.89. The van der Waals surface area contributed by atoms with E-state index in [4.69, 9.17) is 9.47 Å². The Bertz CT molecular complexity index is 623. The molecule has 1 aromatic carbocycles. The van der Waals surface area contributed by atoms with Crippen LogP contribution in [-0.2, 0) is 0 Å². The number of aromatic amines is 1. The van der Waals surface area contributed by atoms with E-state index in [1.807, 2.05) is 0 Å². The summed E-state index contributed by atoms with van der Waals surface area (Å²) >= 11 is 0. The number of hydrogen-bond acceptors (Lipinski definition) is 4. The van der Waals surface area contributed by atoms with Crippen LogP contribution in [0.4, 0.5) is 0 Å². The number of fused-ring (bicyclic) bond motifs is 2. The highest BCUT2D eigenvalue weighted by Gasteiger charge is 2.16. The number of aromatic nitrogens is 2. The highest BCUT2D eigenvalue weighted by molar-refractivity contribution is 6.50. The van der Waals surface area contributed by atoms with E-state index in [9.17, 15) is 4.79 Å². The van der Waals surface area contributed by atoms with Crippen molar-refractivity contribution in [3.05, 3.63) is 22.4 Å². The van der Waals surface area contributed by atoms with Gasteiger partial charge in [0.15, 0.2) is 18.8 Å². The van der Waals surface area contributed by atoms with Crippen LogP contribution in [0.1, 0.15) is 0 Å². The summed E-state index contributed by atoms with van der Waals surface area (Å²) in [6.07, 6.45) is 0. The lowest BCUT2D eigenvalue weighted by Gasteiger charge is -2.01. The summed E-state index contributed by atoms with van der Waals surface area (Å²) in [5, 5.41) is 7.35. The second-order valence-corrected chi connectivity index (χ2v) is 3.48. The van der Waals surface area contributed by atoms with Gasteiger partial charge >= 0.3 is 0 Å². The summed E-state index contributed by atoms with van der Waals surface area (Å²) in [6, 6.07) is 3.41. The van der Waals surface area contributed by atoms with Crippen LogP contribution >= 0.6 is 0 Å². The SMILES string of the molecule is C[B]c1n[nH]c2cc3c(cc2c1=O)OCO3. The summed E-state index contributed by atoms with van der Waals surface area (Å²) in [4.78, 5) is 11.9. The van der Waals surface area contributed by atoms with Crippen molar-refractivity contribution in [3.8, 4) is 11.5 Å². The largest absolute Gasteiger partial charge is 0.454 e. The van der Waals surface area contributed by atoms with Gasteiger partial charge in [0.25, 0.3) is 0 Å². The highest BCUT2D eigenvalue weighted by atomic mass is 16.7. The molecule has 0 fully saturated rings. The van der Waals surface area contributed by atoms with E-state index >= 15 is 0 Å². The minimum Gasteiger partial charge on any atom is -0.454 e. The Hall–Kier alpha value is -1.98. The third kappa shape index (κ3) is 1.19. The molecule has 0 bridgehead atoms. The molecule has 1 N–H and O–H groups in total. The number of hydrogen-bond donors (Lipinski definition) is 1. The van der Waals surface area contributed by atoms with E-state index in [0.29, 0.717) is 28.0 Å². The van der Waals surface area contributed by atoms with Gasteiger partial charge in [0, 0.05) is 6.07 Å². The molecule has 1 aliphatic heterocycles. The Morgan fingerprint density at radius 3 is 2.88 bits per heavy atom. The highest BCUT2D eigenvalue weighted by Crippen LogP contribution is 2.33. The average Bonchev–Trinajstić information content (AvgIpc) is 2.74. The predicted molar refractivity (Wildman–Crippen MR) is 59.7 cm³/mol. The van der Waals surface area contributed by atoms with Crippen molar-refractivity contribution in [1.29, 1.82) is 0 Å². The molecule has 6 heteroatoms. The smallest absolute Gasteiger partial charge is 0.231 e. The van der Waals surface area contributed by atoms with Gasteiger partial charge in [0.05, 0.1) is 16.5 Å². The van der Waals surface area contributed by atoms with Crippen LogP contribution in [0.2, 0.25) is 6.82 Å². The molecule has 16 heavy (non-hydrogen) atoms. The minimum absolute atomic E-state index is 0.102. The van der Waals surface area contributed by atoms with Crippen molar-refractivity contribution >= 4 is 23.8 Å². The van der Waals surface area contributed by atoms with E-state index in [1.165, 1.54) is 0 Å². The van der Waals surface area contributed by atoms with Crippen LogP contribution in [-0.4, -0.2) is 24.3 Å². The van der Waals surface area contributed by atoms with Gasteiger partial charge in [0.1, 0.15) is 0 Å². The molecule has 0 saturated heterocycles. The lowest BCUT2D eigenvalue weighted by Crippen LogP contribution is -2.33. The van der Waals surface area contributed by atoms with Crippen molar-refractivity contribution in [1.82, 2.24) is 10.2 Å². The van der Waals surface area contributed by atoms with Gasteiger partial charge in [0.2, 0.25) is 12.2 Å². The van der Waals surface area contributed by atoms with E-state index in [1.54, 1.807) is 26.2 Å². The van der Waals surface area contributed by atoms with Crippen LogP contribution in [0.25, 0.3) is 10.9 Å². The Morgan fingerprint density at radius 2 is 2.12 bits per heavy atom. The normalized spacial score (nSPS) is 13.1. The van der Waals surface area contributed by atoms with Gasteiger partial charge in [-0.25, -0.2) is 0 Å². The molecule has 1 radical (unpaired) electrons. The zero-order chi connectivity index (χ0) is 11.1. The maximum Gasteiger partial charge on any atom is 0.231 e. The number of H-pyrrole nitrogens is 1. The maximum absolute atomic E-state index is 11.9. The standard InChI is InChI=1S/C10H8BN2O3/c1-11-10-9(14)5-2-7-8(16-4-15-7)3-6(5)12-13-10/h2-3H,4H2,1H3,(H,12,14). The fraction of sp³-hybridized carbons (Fsp3) is 0.200. The van der Waals surface area contributed by atoms with E-state index in [0.717, 1.165) is 0 Å². The molecule has 0 spiro atoms. The number of ether oxygens (including phenoxy) is 2. The van der Waals surface area contributed by atoms with Crippen molar-refractivity contribution in [2.45, 2.75) is 6.82 Å². The lowest BCUT2D eigenvalue weighted by atomic mass is 9.77. The molecule has 79 valence electrons. The monoisotopic (exact) mass is 215 g/mol. The maximum atomic E-state index is 11.9. The molecule has 3 rings (SSSR count). The molecular formula is C10H8BN2O3. The third-order valence-electron chi connectivity index (χ3n) is 2.56. The summed E-state index contributed by atoms with van der Waals surface area (Å²) in [5.74, 6) is 1.24. The molecule has 1 aromatic heterocycles. The Labute approximate surface area is 91.6 Å². The number of nitrogens with zero attached hydrogens (tertiary/aromatic N) is 1. The minimum atomic E-state index is -0.102. The fourth-order valence-corrected chi connectivity index (χ4v) is 1.73. The van der Waals surface area contributed by atoms with Crippen LogP contribution in [0.15, 0.2) is 16.9 Å². The molecule has 0 unspecified atom stereocenters. The number of rotatable bonds is 1. The average molecular weight is 215 g/mol. The first kappa shape index (κ1) is 9.27. The molecule has 2 heterocycles. The molecule has 0 amide bonds. The van der Waals surface area contributed by atoms with Crippen LogP contribution in [0.3, 0.4) is 0 Å². The molecule has 0 saturated carbocycles. The second kappa shape index (κ2) is 3.26. The second-order valence-electron chi connectivity index (χ2n) is 3.48. The third-order valence-corrected chi connectivity index (χ3v) is 2.56. The summed E-state index contributed by atoms with van der Waals surface area (Å²) < 4.78 is 10.5. The van der Waals surface area contributed by atoms with Crippen molar-refractivity contribution < 1.29 is 9.47 Å². The van der Waals surface area contributed by atoms with Crippen LogP contribution in [0.5, 0.6) is 11.5 Å². The Morgan fingerprint density at radius 1 is 1.38 bits per heavy atom. The number of nitrogens with one attached hydrogen (secondary N) is 1. The van der Waals surface area contributed by atoms with Crippen molar-refractivity contribution in [2.24, 2.45) is 0 Å². The van der Waals surface area contributed by atoms with Gasteiger partial charge < -0.3 is 9.47 Å². The van der Waals surface area contributed by atoms with Gasteiger partial charge in [-0.15, -0.1) is 0 Å². The summed E-state index contributed by atoms with van der Waals surface area (Å²) in [7, 11) is 1.67. The fourth-order valence-electron chi connectivity index (χ4n) is 1.73. The van der Waals surface area contributed by atoms with Crippen molar-refractivity contribution in [2.75, 3.05) is 6.79 Å². The van der Waals surface area contributed by atoms with Crippen LogP contribution in [0, 0.1) is 0 Å². The summed E-state index contributed by atoms with van der Waals surface area (Å²) in [6.45, 7) is 1.97. The first-order chi connectivity index (χ1) is 7.79. The molecule has 5 nitrogen and oxygen atoms in total. The first-order valence-electron chi connectivity index (χ1n) is 4.91. The topological polar surface area (TPSA) is 64.2 Å². The molecule has 2 aromatic rings. The van der Waals surface area contributed by atoms with E-state index in [2.05, 4.69) is 10.2 Å². The van der Waals surface area contributed by atoms with Gasteiger partial charge in [-0.2, -0.15) is 5.10 Å². The first-order valence-corrected chi connectivity index (χ1v) is 4.91. The molecule has 1 aliphatic rings. The zero-order valence-electron chi connectivity index (χ0n) is 8.61. The van der Waals surface area contributed by atoms with Crippen molar-refractivity contribution in [3.63, 3.8) is 0 Å². The zero-order valence-corrected chi connectivity index (χ0v) is 8.61. The van der Waals surface area contributed by atoms with Gasteiger partial charge in [-0.3, -0.25) is 9.89 Å². The quantitative estimate of drug-likeness (QED) is 0.681. The van der Waals surface area contributed by atoms with Crippen LogP contribution < -0.4 is 20.5 Å². The predicted octanol–water partition coefficient (Wildman–Crippen LogP) is 0.0294. The van der Waals surface area contributed by atoms with E-state index in [-0.39, 0.29) is 12.2 Å². The van der Waals surface area contributed by atoms with Gasteiger partial charge in [-0.05, 0) is 6.07 Å². The molecule has 0 atom stereocenters. The Balaban J connectivity index is 2.36. The van der Waals surface area contributed by atoms with Gasteiger partial charge in [-0.1, -0.05) is 6.82 Å². The molecule has 0 aliphatic carbocycles. The lowest BCUT2D eigenvalue weighted by molar-refractivity contribution is 0.174. The van der Waals surface area contributed by atoms with E-state index < -0.39 is 0 Å².